The van der Waals surface area contributed by atoms with E-state index < -0.39 is 0 Å². The van der Waals surface area contributed by atoms with E-state index in [1.165, 1.54) is 47.9 Å². The van der Waals surface area contributed by atoms with E-state index >= 15 is 0 Å². The summed E-state index contributed by atoms with van der Waals surface area (Å²) in [5.41, 5.74) is 3.04. The normalized spacial score (nSPS) is 26.2. The van der Waals surface area contributed by atoms with Crippen LogP contribution in [0.2, 0.25) is 0 Å². The minimum atomic E-state index is 0.321. The molecule has 1 aliphatic rings. The van der Waals surface area contributed by atoms with Gasteiger partial charge in [-0.25, -0.2) is 0 Å². The van der Waals surface area contributed by atoms with Gasteiger partial charge < -0.3 is 0 Å². The van der Waals surface area contributed by atoms with E-state index in [1.54, 1.807) is 11.3 Å². The first-order valence-electron chi connectivity index (χ1n) is 6.95. The van der Waals surface area contributed by atoms with Crippen LogP contribution in [0.4, 0.5) is 0 Å². The predicted molar refractivity (Wildman–Crippen MR) is 82.4 cm³/mol. The summed E-state index contributed by atoms with van der Waals surface area (Å²) >= 11 is 5.42. The highest BCUT2D eigenvalue weighted by Gasteiger charge is 2.29. The molecule has 2 rings (SSSR count). The average Bonchev–Trinajstić information content (AvgIpc) is 2.79. The summed E-state index contributed by atoms with van der Waals surface area (Å²) in [4.78, 5) is 1.36. The summed E-state index contributed by atoms with van der Waals surface area (Å²) in [5, 5.41) is 2.13. The van der Waals surface area contributed by atoms with Gasteiger partial charge in [-0.05, 0) is 52.1 Å². The molecule has 3 N–H and O–H groups in total. The number of hydrogen-bond acceptors (Lipinski definition) is 3. The van der Waals surface area contributed by atoms with Crippen molar-refractivity contribution >= 4 is 27.3 Å². The van der Waals surface area contributed by atoms with Crippen molar-refractivity contribution in [3.05, 3.63) is 20.8 Å². The molecule has 1 atom stereocenters. The molecule has 1 aliphatic carbocycles. The van der Waals surface area contributed by atoms with E-state index in [4.69, 9.17) is 5.84 Å². The van der Waals surface area contributed by atoms with Crippen molar-refractivity contribution in [2.75, 3.05) is 0 Å². The van der Waals surface area contributed by atoms with Gasteiger partial charge in [-0.15, -0.1) is 11.3 Å². The van der Waals surface area contributed by atoms with E-state index in [-0.39, 0.29) is 0 Å². The molecule has 0 bridgehead atoms. The molecule has 1 saturated carbocycles. The van der Waals surface area contributed by atoms with E-state index in [9.17, 15) is 0 Å². The summed E-state index contributed by atoms with van der Waals surface area (Å²) in [5.74, 6) is 7.44. The Hall–Kier alpha value is 0.100. The van der Waals surface area contributed by atoms with Crippen molar-refractivity contribution in [2.24, 2.45) is 17.7 Å². The molecular weight excluding hydrogens is 308 g/mol. The fourth-order valence-corrected chi connectivity index (χ4v) is 4.94. The highest BCUT2D eigenvalue weighted by molar-refractivity contribution is 9.10. The number of nitrogens with two attached hydrogens (primary N) is 1. The quantitative estimate of drug-likeness (QED) is 0.610. The molecule has 0 saturated heterocycles. The minimum absolute atomic E-state index is 0.321. The minimum Gasteiger partial charge on any atom is -0.271 e. The molecule has 0 radical (unpaired) electrons. The molecule has 1 aromatic heterocycles. The molecule has 0 aromatic carbocycles. The molecule has 1 unspecified atom stereocenters. The fraction of sp³-hybridized carbons (Fsp3) is 0.714. The summed E-state index contributed by atoms with van der Waals surface area (Å²) in [6.07, 6.45) is 8.09. The third-order valence-electron chi connectivity index (χ3n) is 4.17. The first-order valence-corrected chi connectivity index (χ1v) is 8.62. The van der Waals surface area contributed by atoms with Gasteiger partial charge in [-0.2, -0.15) is 0 Å². The Bertz CT molecular complexity index is 358. The Morgan fingerprint density at radius 3 is 2.67 bits per heavy atom. The van der Waals surface area contributed by atoms with Gasteiger partial charge >= 0.3 is 0 Å². The molecule has 4 heteroatoms. The van der Waals surface area contributed by atoms with E-state index in [0.29, 0.717) is 12.0 Å². The van der Waals surface area contributed by atoms with Crippen molar-refractivity contribution in [3.8, 4) is 0 Å². The summed E-state index contributed by atoms with van der Waals surface area (Å²) in [7, 11) is 0. The molecule has 2 nitrogen and oxygen atoms in total. The number of hydrogen-bond donors (Lipinski definition) is 2. The molecule has 0 amide bonds. The van der Waals surface area contributed by atoms with Crippen LogP contribution in [0.1, 0.15) is 56.4 Å². The van der Waals surface area contributed by atoms with Crippen molar-refractivity contribution < 1.29 is 0 Å². The van der Waals surface area contributed by atoms with Gasteiger partial charge in [0.15, 0.2) is 0 Å². The third-order valence-corrected chi connectivity index (χ3v) is 6.12. The second kappa shape index (κ2) is 7.04. The van der Waals surface area contributed by atoms with Gasteiger partial charge in [0.2, 0.25) is 0 Å². The molecule has 1 heterocycles. The molecular formula is C14H23BrN2S. The first-order chi connectivity index (χ1) is 8.76. The van der Waals surface area contributed by atoms with Crippen molar-refractivity contribution in [1.82, 2.24) is 5.43 Å². The summed E-state index contributed by atoms with van der Waals surface area (Å²) < 4.78 is 1.20. The maximum atomic E-state index is 5.79. The van der Waals surface area contributed by atoms with E-state index in [1.807, 2.05) is 0 Å². The Kier molecular flexibility index (Phi) is 5.67. The summed E-state index contributed by atoms with van der Waals surface area (Å²) in [6.45, 7) is 2.29. The van der Waals surface area contributed by atoms with Crippen LogP contribution in [-0.4, -0.2) is 0 Å². The lowest BCUT2D eigenvalue weighted by Gasteiger charge is -2.33. The lowest BCUT2D eigenvalue weighted by Crippen LogP contribution is -2.35. The van der Waals surface area contributed by atoms with Crippen LogP contribution in [0, 0.1) is 11.8 Å². The van der Waals surface area contributed by atoms with Crippen LogP contribution in [0.5, 0.6) is 0 Å². The maximum Gasteiger partial charge on any atom is 0.0592 e. The highest BCUT2D eigenvalue weighted by atomic mass is 79.9. The van der Waals surface area contributed by atoms with Crippen molar-refractivity contribution in [3.63, 3.8) is 0 Å². The largest absolute Gasteiger partial charge is 0.271 e. The van der Waals surface area contributed by atoms with Crippen molar-refractivity contribution in [1.29, 1.82) is 0 Å². The average molecular weight is 331 g/mol. The maximum absolute atomic E-state index is 5.79. The van der Waals surface area contributed by atoms with Gasteiger partial charge in [-0.3, -0.25) is 11.3 Å². The van der Waals surface area contributed by atoms with Gasteiger partial charge in [0.05, 0.1) is 6.04 Å². The van der Waals surface area contributed by atoms with Gasteiger partial charge in [0, 0.05) is 9.35 Å². The smallest absolute Gasteiger partial charge is 0.0592 e. The molecule has 102 valence electrons. The van der Waals surface area contributed by atoms with Gasteiger partial charge in [0.1, 0.15) is 0 Å². The van der Waals surface area contributed by atoms with Crippen molar-refractivity contribution in [2.45, 2.75) is 51.5 Å². The van der Waals surface area contributed by atoms with Crippen LogP contribution in [0.25, 0.3) is 0 Å². The zero-order valence-corrected chi connectivity index (χ0v) is 13.4. The molecule has 1 aromatic rings. The van der Waals surface area contributed by atoms with E-state index in [2.05, 4.69) is 39.7 Å². The SMILES string of the molecule is CCCC1CCC(C(NN)c2sccc2Br)CC1. The second-order valence-electron chi connectivity index (χ2n) is 5.35. The first kappa shape index (κ1) is 14.5. The fourth-order valence-electron chi connectivity index (χ4n) is 3.17. The Morgan fingerprint density at radius 2 is 2.17 bits per heavy atom. The topological polar surface area (TPSA) is 38.0 Å². The standard InChI is InChI=1S/C14H23BrN2S/c1-2-3-10-4-6-11(7-5-10)13(17-16)14-12(15)8-9-18-14/h8-11,13,17H,2-7,16H2,1H3. The van der Waals surface area contributed by atoms with Crippen LogP contribution in [0.3, 0.4) is 0 Å². The van der Waals surface area contributed by atoms with Crippen LogP contribution in [-0.2, 0) is 0 Å². The lowest BCUT2D eigenvalue weighted by atomic mass is 9.77. The molecule has 0 aliphatic heterocycles. The monoisotopic (exact) mass is 330 g/mol. The zero-order valence-electron chi connectivity index (χ0n) is 11.0. The van der Waals surface area contributed by atoms with Gasteiger partial charge in [0.25, 0.3) is 0 Å². The van der Waals surface area contributed by atoms with E-state index in [0.717, 1.165) is 5.92 Å². The predicted octanol–water partition coefficient (Wildman–Crippen LogP) is 4.62. The van der Waals surface area contributed by atoms with Gasteiger partial charge in [-0.1, -0.05) is 32.6 Å². The Balaban J connectivity index is 1.97. The van der Waals surface area contributed by atoms with Crippen LogP contribution in [0.15, 0.2) is 15.9 Å². The zero-order chi connectivity index (χ0) is 13.0. The number of halogens is 1. The second-order valence-corrected chi connectivity index (χ2v) is 7.15. The number of rotatable bonds is 5. The number of nitrogens with one attached hydrogen (secondary N) is 1. The molecule has 0 spiro atoms. The highest BCUT2D eigenvalue weighted by Crippen LogP contribution is 2.41. The Labute approximate surface area is 122 Å². The number of thiophene rings is 1. The molecule has 1 fully saturated rings. The Morgan fingerprint density at radius 1 is 1.44 bits per heavy atom. The van der Waals surface area contributed by atoms with Crippen LogP contribution >= 0.6 is 27.3 Å². The lowest BCUT2D eigenvalue weighted by molar-refractivity contribution is 0.216. The molecule has 18 heavy (non-hydrogen) atoms. The number of hydrazine groups is 1. The summed E-state index contributed by atoms with van der Waals surface area (Å²) in [6, 6.07) is 2.44. The third kappa shape index (κ3) is 3.35. The van der Waals surface area contributed by atoms with Crippen LogP contribution < -0.4 is 11.3 Å².